The number of hydrogen-bond acceptors (Lipinski definition) is 5. The van der Waals surface area contributed by atoms with E-state index in [0.717, 1.165) is 19.4 Å². The van der Waals surface area contributed by atoms with Crippen LogP contribution in [0.15, 0.2) is 11.6 Å². The van der Waals surface area contributed by atoms with E-state index in [1.54, 1.807) is 0 Å². The molecule has 18 heavy (non-hydrogen) atoms. The second-order valence-electron chi connectivity index (χ2n) is 4.42. The SMILES string of the molecule is CCOP(=O)(OCC)C1=CO[C@H]2OCCC[C@H]2C1. The molecule has 0 spiro atoms. The molecule has 1 fully saturated rings. The molecule has 0 aromatic heterocycles. The van der Waals surface area contributed by atoms with Crippen LogP contribution in [0.3, 0.4) is 0 Å². The number of fused-ring (bicyclic) bond motifs is 1. The van der Waals surface area contributed by atoms with Gasteiger partial charge in [0.15, 0.2) is 0 Å². The Bertz CT molecular complexity index is 344. The van der Waals surface area contributed by atoms with Crippen LogP contribution in [0.5, 0.6) is 0 Å². The second-order valence-corrected chi connectivity index (χ2v) is 6.51. The highest BCUT2D eigenvalue weighted by Gasteiger charge is 2.39. The van der Waals surface area contributed by atoms with Gasteiger partial charge in [-0.1, -0.05) is 0 Å². The summed E-state index contributed by atoms with van der Waals surface area (Å²) in [6.45, 7) is 5.07. The van der Waals surface area contributed by atoms with Gasteiger partial charge in [-0.15, -0.1) is 0 Å². The summed E-state index contributed by atoms with van der Waals surface area (Å²) in [7, 11) is -3.18. The van der Waals surface area contributed by atoms with Crippen LogP contribution in [0, 0.1) is 5.92 Å². The van der Waals surface area contributed by atoms with Gasteiger partial charge in [-0.05, 0) is 33.1 Å². The minimum Gasteiger partial charge on any atom is -0.472 e. The third-order valence-corrected chi connectivity index (χ3v) is 5.33. The third kappa shape index (κ3) is 2.97. The molecule has 0 aliphatic carbocycles. The minimum atomic E-state index is -3.18. The van der Waals surface area contributed by atoms with E-state index in [0.29, 0.717) is 24.9 Å². The maximum absolute atomic E-state index is 12.6. The molecule has 0 aromatic carbocycles. The number of ether oxygens (including phenoxy) is 2. The molecular weight excluding hydrogens is 255 g/mol. The fourth-order valence-electron chi connectivity index (χ4n) is 2.35. The quantitative estimate of drug-likeness (QED) is 0.721. The van der Waals surface area contributed by atoms with Crippen molar-refractivity contribution in [3.63, 3.8) is 0 Å². The predicted octanol–water partition coefficient (Wildman–Crippen LogP) is 3.27. The Kier molecular flexibility index (Phi) is 4.84. The van der Waals surface area contributed by atoms with E-state index in [4.69, 9.17) is 18.5 Å². The molecule has 1 saturated heterocycles. The highest BCUT2D eigenvalue weighted by atomic mass is 31.2. The Morgan fingerprint density at radius 2 is 2.11 bits per heavy atom. The van der Waals surface area contributed by atoms with Gasteiger partial charge < -0.3 is 18.5 Å². The van der Waals surface area contributed by atoms with Crippen molar-refractivity contribution in [2.75, 3.05) is 19.8 Å². The fourth-order valence-corrected chi connectivity index (χ4v) is 4.08. The molecule has 2 aliphatic heterocycles. The van der Waals surface area contributed by atoms with E-state index in [1.807, 2.05) is 13.8 Å². The van der Waals surface area contributed by atoms with Gasteiger partial charge in [0.05, 0.1) is 31.4 Å². The van der Waals surface area contributed by atoms with Crippen molar-refractivity contribution in [3.8, 4) is 0 Å². The van der Waals surface area contributed by atoms with Gasteiger partial charge in [0.25, 0.3) is 0 Å². The first-order valence-electron chi connectivity index (χ1n) is 6.55. The first-order valence-corrected chi connectivity index (χ1v) is 8.09. The zero-order chi connectivity index (χ0) is 13.0. The summed E-state index contributed by atoms with van der Waals surface area (Å²) < 4.78 is 34.3. The average molecular weight is 276 g/mol. The zero-order valence-corrected chi connectivity index (χ0v) is 11.9. The molecule has 0 unspecified atom stereocenters. The molecule has 0 saturated carbocycles. The Balaban J connectivity index is 2.11. The second kappa shape index (κ2) is 6.20. The monoisotopic (exact) mass is 276 g/mol. The van der Waals surface area contributed by atoms with Gasteiger partial charge in [-0.2, -0.15) is 0 Å². The Hall–Kier alpha value is -0.350. The molecule has 2 heterocycles. The standard InChI is InChI=1S/C12H21O5P/c1-3-16-18(13,17-4-2)11-8-10-6-5-7-14-12(10)15-9-11/h9-10,12H,3-8H2,1-2H3/t10-,12+/m0/s1. The lowest BCUT2D eigenvalue weighted by Crippen LogP contribution is -2.33. The molecule has 0 aromatic rings. The highest BCUT2D eigenvalue weighted by molar-refractivity contribution is 7.58. The number of allylic oxidation sites excluding steroid dienone is 1. The summed E-state index contributed by atoms with van der Waals surface area (Å²) in [4.78, 5) is 0. The summed E-state index contributed by atoms with van der Waals surface area (Å²) in [6.07, 6.45) is 4.03. The van der Waals surface area contributed by atoms with Crippen LogP contribution >= 0.6 is 7.60 Å². The highest BCUT2D eigenvalue weighted by Crippen LogP contribution is 2.59. The van der Waals surface area contributed by atoms with E-state index < -0.39 is 7.60 Å². The lowest BCUT2D eigenvalue weighted by atomic mass is 9.95. The maximum atomic E-state index is 12.6. The van der Waals surface area contributed by atoms with Gasteiger partial charge in [0, 0.05) is 5.92 Å². The van der Waals surface area contributed by atoms with Crippen molar-refractivity contribution in [2.45, 2.75) is 39.4 Å². The Labute approximate surface area is 108 Å². The summed E-state index contributed by atoms with van der Waals surface area (Å²) >= 11 is 0. The number of hydrogen-bond donors (Lipinski definition) is 0. The van der Waals surface area contributed by atoms with E-state index >= 15 is 0 Å². The van der Waals surface area contributed by atoms with Gasteiger partial charge >= 0.3 is 7.60 Å². The maximum Gasteiger partial charge on any atom is 0.360 e. The topological polar surface area (TPSA) is 54.0 Å². The van der Waals surface area contributed by atoms with Gasteiger partial charge in [-0.25, -0.2) is 0 Å². The molecule has 0 radical (unpaired) electrons. The van der Waals surface area contributed by atoms with E-state index in [1.165, 1.54) is 6.26 Å². The van der Waals surface area contributed by atoms with E-state index in [9.17, 15) is 4.57 Å². The van der Waals surface area contributed by atoms with Crippen LogP contribution in [-0.2, 0) is 23.1 Å². The smallest absolute Gasteiger partial charge is 0.360 e. The molecule has 0 bridgehead atoms. The first kappa shape index (κ1) is 14.1. The predicted molar refractivity (Wildman–Crippen MR) is 67.1 cm³/mol. The Morgan fingerprint density at radius 3 is 2.78 bits per heavy atom. The summed E-state index contributed by atoms with van der Waals surface area (Å²) in [5, 5.41) is 0.637. The van der Waals surface area contributed by atoms with Crippen molar-refractivity contribution < 1.29 is 23.1 Å². The van der Waals surface area contributed by atoms with Crippen LogP contribution in [0.2, 0.25) is 0 Å². The third-order valence-electron chi connectivity index (χ3n) is 3.15. The molecule has 0 amide bonds. The number of rotatable bonds is 5. The first-order chi connectivity index (χ1) is 8.69. The molecule has 2 aliphatic rings. The van der Waals surface area contributed by atoms with E-state index in [2.05, 4.69) is 0 Å². The zero-order valence-electron chi connectivity index (χ0n) is 11.0. The minimum absolute atomic E-state index is 0.195. The molecule has 2 rings (SSSR count). The van der Waals surface area contributed by atoms with Crippen LogP contribution in [0.25, 0.3) is 0 Å². The molecule has 0 N–H and O–H groups in total. The van der Waals surface area contributed by atoms with Gasteiger partial charge in [-0.3, -0.25) is 4.57 Å². The van der Waals surface area contributed by atoms with E-state index in [-0.39, 0.29) is 12.2 Å². The van der Waals surface area contributed by atoms with Crippen LogP contribution in [0.1, 0.15) is 33.1 Å². The Morgan fingerprint density at radius 1 is 1.39 bits per heavy atom. The van der Waals surface area contributed by atoms with Crippen LogP contribution in [-0.4, -0.2) is 26.1 Å². The van der Waals surface area contributed by atoms with Crippen molar-refractivity contribution in [3.05, 3.63) is 11.6 Å². The summed E-state index contributed by atoms with van der Waals surface area (Å²) in [5.74, 6) is 0.257. The summed E-state index contributed by atoms with van der Waals surface area (Å²) in [5.41, 5.74) is 0. The van der Waals surface area contributed by atoms with Crippen molar-refractivity contribution in [1.29, 1.82) is 0 Å². The van der Waals surface area contributed by atoms with Gasteiger partial charge in [0.1, 0.15) is 0 Å². The van der Waals surface area contributed by atoms with Crippen molar-refractivity contribution in [1.82, 2.24) is 0 Å². The average Bonchev–Trinajstić information content (AvgIpc) is 2.39. The molecule has 104 valence electrons. The van der Waals surface area contributed by atoms with Crippen LogP contribution in [0.4, 0.5) is 0 Å². The van der Waals surface area contributed by atoms with Crippen molar-refractivity contribution >= 4 is 7.60 Å². The molecule has 6 heteroatoms. The van der Waals surface area contributed by atoms with Crippen LogP contribution < -0.4 is 0 Å². The lowest BCUT2D eigenvalue weighted by molar-refractivity contribution is -0.169. The lowest BCUT2D eigenvalue weighted by Gasteiger charge is -2.35. The normalized spacial score (nSPS) is 28.2. The largest absolute Gasteiger partial charge is 0.472 e. The molecular formula is C12H21O5P. The van der Waals surface area contributed by atoms with Gasteiger partial charge in [0.2, 0.25) is 6.29 Å². The fraction of sp³-hybridized carbons (Fsp3) is 0.833. The van der Waals surface area contributed by atoms with Crippen molar-refractivity contribution in [2.24, 2.45) is 5.92 Å². The molecule has 5 nitrogen and oxygen atoms in total. The summed E-state index contributed by atoms with van der Waals surface area (Å²) in [6, 6.07) is 0. The molecule has 2 atom stereocenters.